The fourth-order valence-electron chi connectivity index (χ4n) is 2.22. The number of nitrogens with one attached hydrogen (secondary N) is 1. The maximum atomic E-state index is 12.5. The second kappa shape index (κ2) is 7.14. The number of carbonyl (C=O) groups is 1. The van der Waals surface area contributed by atoms with E-state index in [0.717, 1.165) is 10.6 Å². The van der Waals surface area contributed by atoms with E-state index in [4.69, 9.17) is 0 Å². The summed E-state index contributed by atoms with van der Waals surface area (Å²) >= 11 is 1.41. The van der Waals surface area contributed by atoms with Crippen molar-refractivity contribution in [2.45, 2.75) is 4.90 Å². The van der Waals surface area contributed by atoms with Crippen molar-refractivity contribution in [3.8, 4) is 5.69 Å². The Morgan fingerprint density at radius 2 is 2.00 bits per heavy atom. The van der Waals surface area contributed by atoms with E-state index in [9.17, 15) is 14.9 Å². The van der Waals surface area contributed by atoms with Crippen LogP contribution in [0, 0.1) is 10.1 Å². The smallest absolute Gasteiger partial charge is 0.282 e. The number of rotatable bonds is 5. The first-order valence-electron chi connectivity index (χ1n) is 7.17. The molecule has 0 atom stereocenters. The quantitative estimate of drug-likeness (QED) is 0.428. The number of thioether (sulfide) groups is 1. The predicted molar refractivity (Wildman–Crippen MR) is 94.2 cm³/mol. The number of benzene rings is 2. The summed E-state index contributed by atoms with van der Waals surface area (Å²) < 4.78 is 1.58. The standard InChI is InChI=1S/C16H13N5O3S/c1-25-13-6-7-15(21(23)24)14(8-13)16(22)19-11-2-4-12(5-3-11)20-10-17-9-18-20/h2-10H,1H3,(H,19,22). The molecule has 0 aliphatic rings. The van der Waals surface area contributed by atoms with Crippen LogP contribution in [0.25, 0.3) is 5.69 Å². The highest BCUT2D eigenvalue weighted by Gasteiger charge is 2.20. The summed E-state index contributed by atoms with van der Waals surface area (Å²) in [7, 11) is 0. The normalized spacial score (nSPS) is 10.4. The summed E-state index contributed by atoms with van der Waals surface area (Å²) in [5, 5.41) is 17.9. The molecule has 0 saturated heterocycles. The summed E-state index contributed by atoms with van der Waals surface area (Å²) in [6.07, 6.45) is 4.82. The number of nitro groups is 1. The van der Waals surface area contributed by atoms with Crippen LogP contribution in [0.2, 0.25) is 0 Å². The highest BCUT2D eigenvalue weighted by Crippen LogP contribution is 2.25. The highest BCUT2D eigenvalue weighted by atomic mass is 32.2. The Morgan fingerprint density at radius 1 is 1.24 bits per heavy atom. The number of hydrogen-bond donors (Lipinski definition) is 1. The van der Waals surface area contributed by atoms with Gasteiger partial charge in [-0.15, -0.1) is 11.8 Å². The monoisotopic (exact) mass is 355 g/mol. The zero-order valence-electron chi connectivity index (χ0n) is 13.1. The number of amides is 1. The molecule has 25 heavy (non-hydrogen) atoms. The Morgan fingerprint density at radius 3 is 2.60 bits per heavy atom. The molecule has 2 aromatic carbocycles. The van der Waals surface area contributed by atoms with Gasteiger partial charge in [-0.05, 0) is 42.7 Å². The van der Waals surface area contributed by atoms with Crippen LogP contribution in [-0.2, 0) is 0 Å². The molecule has 9 heteroatoms. The first-order chi connectivity index (χ1) is 12.1. The maximum absolute atomic E-state index is 12.5. The Hall–Kier alpha value is -3.20. The lowest BCUT2D eigenvalue weighted by molar-refractivity contribution is -0.385. The molecule has 0 aliphatic carbocycles. The molecule has 1 aromatic heterocycles. The third-order valence-corrected chi connectivity index (χ3v) is 4.18. The predicted octanol–water partition coefficient (Wildman–Crippen LogP) is 3.15. The number of nitro benzene ring substituents is 1. The number of hydrogen-bond acceptors (Lipinski definition) is 6. The van der Waals surface area contributed by atoms with E-state index in [2.05, 4.69) is 15.4 Å². The molecule has 0 fully saturated rings. The molecular weight excluding hydrogens is 342 g/mol. The second-order valence-electron chi connectivity index (χ2n) is 4.98. The first-order valence-corrected chi connectivity index (χ1v) is 8.40. The van der Waals surface area contributed by atoms with Crippen molar-refractivity contribution >= 4 is 29.0 Å². The molecule has 0 unspecified atom stereocenters. The Bertz CT molecular complexity index is 910. The van der Waals surface area contributed by atoms with Crippen LogP contribution in [0.1, 0.15) is 10.4 Å². The van der Waals surface area contributed by atoms with Crippen LogP contribution in [0.4, 0.5) is 11.4 Å². The zero-order chi connectivity index (χ0) is 17.8. The molecule has 3 rings (SSSR count). The van der Waals surface area contributed by atoms with Crippen LogP contribution in [0.3, 0.4) is 0 Å². The summed E-state index contributed by atoms with van der Waals surface area (Å²) in [6, 6.07) is 11.4. The van der Waals surface area contributed by atoms with Gasteiger partial charge in [-0.2, -0.15) is 5.10 Å². The lowest BCUT2D eigenvalue weighted by Crippen LogP contribution is -2.14. The highest BCUT2D eigenvalue weighted by molar-refractivity contribution is 7.98. The minimum atomic E-state index is -0.563. The van der Waals surface area contributed by atoms with Crippen LogP contribution >= 0.6 is 11.8 Å². The van der Waals surface area contributed by atoms with Crippen LogP contribution in [0.15, 0.2) is 60.0 Å². The van der Waals surface area contributed by atoms with Gasteiger partial charge in [0.15, 0.2) is 0 Å². The summed E-state index contributed by atoms with van der Waals surface area (Å²) in [6.45, 7) is 0. The van der Waals surface area contributed by atoms with Crippen molar-refractivity contribution in [3.63, 3.8) is 0 Å². The van der Waals surface area contributed by atoms with E-state index < -0.39 is 10.8 Å². The molecule has 0 spiro atoms. The third-order valence-electron chi connectivity index (χ3n) is 3.45. The van der Waals surface area contributed by atoms with E-state index >= 15 is 0 Å². The van der Waals surface area contributed by atoms with E-state index in [0.29, 0.717) is 5.69 Å². The van der Waals surface area contributed by atoms with E-state index in [1.54, 1.807) is 41.3 Å². The molecule has 3 aromatic rings. The molecule has 0 aliphatic heterocycles. The van der Waals surface area contributed by atoms with Gasteiger partial charge in [-0.1, -0.05) is 0 Å². The largest absolute Gasteiger partial charge is 0.322 e. The molecular formula is C16H13N5O3S. The van der Waals surface area contributed by atoms with Crippen LogP contribution in [0.5, 0.6) is 0 Å². The van der Waals surface area contributed by atoms with E-state index in [1.807, 2.05) is 6.26 Å². The van der Waals surface area contributed by atoms with Gasteiger partial charge in [-0.25, -0.2) is 9.67 Å². The van der Waals surface area contributed by atoms with Gasteiger partial charge in [0.05, 0.1) is 10.6 Å². The number of aromatic nitrogens is 3. The van der Waals surface area contributed by atoms with E-state index in [1.165, 1.54) is 30.2 Å². The SMILES string of the molecule is CSc1ccc([N+](=O)[O-])c(C(=O)Nc2ccc(-n3cncn3)cc2)c1. The molecule has 1 heterocycles. The fraction of sp³-hybridized carbons (Fsp3) is 0.0625. The molecule has 0 bridgehead atoms. The van der Waals surface area contributed by atoms with Gasteiger partial charge in [0.25, 0.3) is 11.6 Å². The first kappa shape index (κ1) is 16.7. The van der Waals surface area contributed by atoms with Gasteiger partial charge < -0.3 is 5.32 Å². The third kappa shape index (κ3) is 3.66. The summed E-state index contributed by atoms with van der Waals surface area (Å²) in [5.41, 5.74) is 1.11. The minimum absolute atomic E-state index is 0.0252. The van der Waals surface area contributed by atoms with Crippen molar-refractivity contribution in [1.29, 1.82) is 0 Å². The van der Waals surface area contributed by atoms with Crippen molar-refractivity contribution in [2.75, 3.05) is 11.6 Å². The Kier molecular flexibility index (Phi) is 4.75. The van der Waals surface area contributed by atoms with Crippen molar-refractivity contribution in [2.24, 2.45) is 0 Å². The molecule has 0 radical (unpaired) electrons. The van der Waals surface area contributed by atoms with Gasteiger partial charge in [0.1, 0.15) is 18.2 Å². The average molecular weight is 355 g/mol. The topological polar surface area (TPSA) is 103 Å². The summed E-state index contributed by atoms with van der Waals surface area (Å²) in [4.78, 5) is 27.7. The average Bonchev–Trinajstić information content (AvgIpc) is 3.16. The Labute approximate surface area is 147 Å². The zero-order valence-corrected chi connectivity index (χ0v) is 13.9. The lowest BCUT2D eigenvalue weighted by Gasteiger charge is -2.08. The second-order valence-corrected chi connectivity index (χ2v) is 5.86. The number of carbonyl (C=O) groups excluding carboxylic acids is 1. The summed E-state index contributed by atoms with van der Waals surface area (Å²) in [5.74, 6) is -0.531. The van der Waals surface area contributed by atoms with Crippen LogP contribution in [-0.4, -0.2) is 31.9 Å². The lowest BCUT2D eigenvalue weighted by atomic mass is 10.1. The van der Waals surface area contributed by atoms with E-state index in [-0.39, 0.29) is 11.3 Å². The number of anilines is 1. The van der Waals surface area contributed by atoms with Gasteiger partial charge >= 0.3 is 0 Å². The Balaban J connectivity index is 1.83. The number of nitrogens with zero attached hydrogens (tertiary/aromatic N) is 4. The van der Waals surface area contributed by atoms with Gasteiger partial charge in [0, 0.05) is 16.6 Å². The van der Waals surface area contributed by atoms with Gasteiger partial charge in [-0.3, -0.25) is 14.9 Å². The fourth-order valence-corrected chi connectivity index (χ4v) is 2.66. The maximum Gasteiger partial charge on any atom is 0.282 e. The molecule has 8 nitrogen and oxygen atoms in total. The molecule has 1 N–H and O–H groups in total. The molecule has 1 amide bonds. The van der Waals surface area contributed by atoms with Crippen molar-refractivity contribution in [1.82, 2.24) is 14.8 Å². The van der Waals surface area contributed by atoms with Gasteiger partial charge in [0.2, 0.25) is 0 Å². The van der Waals surface area contributed by atoms with Crippen molar-refractivity contribution < 1.29 is 9.72 Å². The minimum Gasteiger partial charge on any atom is -0.322 e. The molecule has 0 saturated carbocycles. The molecule has 126 valence electrons. The van der Waals surface area contributed by atoms with Crippen LogP contribution < -0.4 is 5.32 Å². The van der Waals surface area contributed by atoms with Crippen molar-refractivity contribution in [3.05, 3.63) is 70.8 Å².